The van der Waals surface area contributed by atoms with E-state index < -0.39 is 0 Å². The first kappa shape index (κ1) is 4.54. The molecule has 2 saturated carbocycles. The van der Waals surface area contributed by atoms with E-state index in [1.807, 2.05) is 5.57 Å². The minimum atomic E-state index is 0.819. The number of hydrogen-bond donors (Lipinski definition) is 0. The first-order valence-corrected chi connectivity index (χ1v) is 4.05. The van der Waals surface area contributed by atoms with Gasteiger partial charge in [-0.15, -0.1) is 0 Å². The third-order valence-corrected chi connectivity index (χ3v) is 3.98. The third-order valence-electron chi connectivity index (χ3n) is 3.98. The maximum absolute atomic E-state index is 2.46. The summed E-state index contributed by atoms with van der Waals surface area (Å²) in [6.07, 6.45) is 6.83. The van der Waals surface area contributed by atoms with Gasteiger partial charge in [0.25, 0.3) is 0 Å². The summed E-state index contributed by atoms with van der Waals surface area (Å²) in [5.74, 6) is 2.18. The molecule has 48 valence electrons. The van der Waals surface area contributed by atoms with Crippen molar-refractivity contribution in [3.05, 3.63) is 11.6 Å². The van der Waals surface area contributed by atoms with Crippen molar-refractivity contribution in [2.75, 3.05) is 0 Å². The standard InChI is InChI=1S/C9H12/c1-6-8-3-2-7-4-5-9(6,7)8/h4,6,8H,2-3,5H2,1H3. The number of allylic oxidation sites excluding steroid dienone is 2. The van der Waals surface area contributed by atoms with Gasteiger partial charge in [0.05, 0.1) is 0 Å². The summed E-state index contributed by atoms with van der Waals surface area (Å²) < 4.78 is 0. The molecule has 0 radical (unpaired) electrons. The van der Waals surface area contributed by atoms with Crippen LogP contribution in [-0.4, -0.2) is 0 Å². The fraction of sp³-hybridized carbons (Fsp3) is 0.778. The molecule has 0 aromatic rings. The van der Waals surface area contributed by atoms with Crippen LogP contribution in [0.1, 0.15) is 26.2 Å². The van der Waals surface area contributed by atoms with Gasteiger partial charge in [-0.05, 0) is 31.1 Å². The van der Waals surface area contributed by atoms with Gasteiger partial charge in [-0.3, -0.25) is 0 Å². The van der Waals surface area contributed by atoms with Crippen molar-refractivity contribution in [2.45, 2.75) is 26.2 Å². The predicted molar refractivity (Wildman–Crippen MR) is 37.0 cm³/mol. The van der Waals surface area contributed by atoms with Crippen LogP contribution < -0.4 is 0 Å². The topological polar surface area (TPSA) is 0 Å². The Morgan fingerprint density at radius 1 is 1.67 bits per heavy atom. The Morgan fingerprint density at radius 2 is 2.56 bits per heavy atom. The van der Waals surface area contributed by atoms with E-state index in [0.717, 1.165) is 17.3 Å². The van der Waals surface area contributed by atoms with Crippen LogP contribution in [0.15, 0.2) is 11.6 Å². The van der Waals surface area contributed by atoms with E-state index in [0.29, 0.717) is 0 Å². The summed E-state index contributed by atoms with van der Waals surface area (Å²) in [5, 5.41) is 0. The molecule has 0 aromatic carbocycles. The van der Waals surface area contributed by atoms with Crippen LogP contribution in [0.4, 0.5) is 0 Å². The fourth-order valence-corrected chi connectivity index (χ4v) is 3.23. The molecular formula is C9H12. The molecule has 0 heterocycles. The zero-order chi connectivity index (χ0) is 6.06. The highest BCUT2D eigenvalue weighted by Crippen LogP contribution is 2.76. The fourth-order valence-electron chi connectivity index (χ4n) is 3.23. The van der Waals surface area contributed by atoms with Crippen LogP contribution in [0.5, 0.6) is 0 Å². The average Bonchev–Trinajstić information content (AvgIpc) is 2.28. The maximum atomic E-state index is 2.46. The Balaban J connectivity index is 2.12. The van der Waals surface area contributed by atoms with E-state index in [1.165, 1.54) is 19.3 Å². The minimum absolute atomic E-state index is 0.819. The highest BCUT2D eigenvalue weighted by molar-refractivity contribution is 5.41. The molecule has 0 aliphatic heterocycles. The lowest BCUT2D eigenvalue weighted by Crippen LogP contribution is -2.12. The van der Waals surface area contributed by atoms with Crippen molar-refractivity contribution in [3.8, 4) is 0 Å². The summed E-state index contributed by atoms with van der Waals surface area (Å²) in [7, 11) is 0. The SMILES string of the molecule is CC1C2CCC3=CCC312. The van der Waals surface area contributed by atoms with Crippen LogP contribution in [0, 0.1) is 17.3 Å². The molecule has 0 aromatic heterocycles. The predicted octanol–water partition coefficient (Wildman–Crippen LogP) is 2.36. The molecule has 3 atom stereocenters. The van der Waals surface area contributed by atoms with Crippen LogP contribution in [0.3, 0.4) is 0 Å². The Morgan fingerprint density at radius 3 is 2.89 bits per heavy atom. The summed E-state index contributed by atoms with van der Waals surface area (Å²) in [5.41, 5.74) is 2.64. The maximum Gasteiger partial charge on any atom is 0.000617 e. The zero-order valence-corrected chi connectivity index (χ0v) is 5.85. The molecule has 3 unspecified atom stereocenters. The van der Waals surface area contributed by atoms with Crippen molar-refractivity contribution in [1.82, 2.24) is 0 Å². The molecule has 0 nitrogen and oxygen atoms in total. The van der Waals surface area contributed by atoms with E-state index in [4.69, 9.17) is 0 Å². The molecular weight excluding hydrogens is 108 g/mol. The lowest BCUT2D eigenvalue weighted by atomic mass is 9.80. The largest absolute Gasteiger partial charge is 0.0838 e. The van der Waals surface area contributed by atoms with Crippen molar-refractivity contribution in [3.63, 3.8) is 0 Å². The molecule has 3 aliphatic rings. The van der Waals surface area contributed by atoms with Gasteiger partial charge in [0, 0.05) is 5.41 Å². The van der Waals surface area contributed by atoms with Crippen LogP contribution >= 0.6 is 0 Å². The van der Waals surface area contributed by atoms with Crippen molar-refractivity contribution < 1.29 is 0 Å². The molecule has 3 rings (SSSR count). The van der Waals surface area contributed by atoms with E-state index in [2.05, 4.69) is 13.0 Å². The molecule has 1 spiro atoms. The van der Waals surface area contributed by atoms with Gasteiger partial charge in [0.2, 0.25) is 0 Å². The lowest BCUT2D eigenvalue weighted by molar-refractivity contribution is 0.502. The van der Waals surface area contributed by atoms with Gasteiger partial charge < -0.3 is 0 Å². The second-order valence-electron chi connectivity index (χ2n) is 3.91. The van der Waals surface area contributed by atoms with Crippen LogP contribution in [0.25, 0.3) is 0 Å². The molecule has 0 saturated heterocycles. The number of rotatable bonds is 0. The quantitative estimate of drug-likeness (QED) is 0.430. The summed E-state index contributed by atoms with van der Waals surface area (Å²) in [4.78, 5) is 0. The van der Waals surface area contributed by atoms with Gasteiger partial charge >= 0.3 is 0 Å². The second kappa shape index (κ2) is 1.00. The monoisotopic (exact) mass is 120 g/mol. The third kappa shape index (κ3) is 0.270. The molecule has 0 N–H and O–H groups in total. The van der Waals surface area contributed by atoms with Gasteiger partial charge in [0.15, 0.2) is 0 Å². The summed E-state index contributed by atoms with van der Waals surface area (Å²) in [6.45, 7) is 2.43. The zero-order valence-electron chi connectivity index (χ0n) is 5.85. The summed E-state index contributed by atoms with van der Waals surface area (Å²) in [6, 6.07) is 0. The van der Waals surface area contributed by atoms with Crippen molar-refractivity contribution in [2.24, 2.45) is 17.3 Å². The Labute approximate surface area is 56.0 Å². The van der Waals surface area contributed by atoms with Crippen molar-refractivity contribution >= 4 is 0 Å². The van der Waals surface area contributed by atoms with Crippen LogP contribution in [-0.2, 0) is 0 Å². The number of hydrogen-bond acceptors (Lipinski definition) is 0. The lowest BCUT2D eigenvalue weighted by Gasteiger charge is -2.24. The smallest absolute Gasteiger partial charge is 0.000617 e. The molecule has 9 heavy (non-hydrogen) atoms. The molecule has 2 fully saturated rings. The van der Waals surface area contributed by atoms with Gasteiger partial charge in [-0.2, -0.15) is 0 Å². The highest BCUT2D eigenvalue weighted by atomic mass is 14.7. The highest BCUT2D eigenvalue weighted by Gasteiger charge is 2.68. The normalized spacial score (nSPS) is 59.4. The molecule has 3 aliphatic carbocycles. The van der Waals surface area contributed by atoms with E-state index in [-0.39, 0.29) is 0 Å². The first-order chi connectivity index (χ1) is 4.36. The van der Waals surface area contributed by atoms with Gasteiger partial charge in [-0.25, -0.2) is 0 Å². The Kier molecular flexibility index (Phi) is 0.505. The van der Waals surface area contributed by atoms with Gasteiger partial charge in [0.1, 0.15) is 0 Å². The van der Waals surface area contributed by atoms with E-state index in [9.17, 15) is 0 Å². The van der Waals surface area contributed by atoms with Gasteiger partial charge in [-0.1, -0.05) is 18.6 Å². The van der Waals surface area contributed by atoms with Crippen molar-refractivity contribution in [1.29, 1.82) is 0 Å². The van der Waals surface area contributed by atoms with E-state index >= 15 is 0 Å². The second-order valence-corrected chi connectivity index (χ2v) is 3.91. The summed E-state index contributed by atoms with van der Waals surface area (Å²) >= 11 is 0. The molecule has 0 bridgehead atoms. The van der Waals surface area contributed by atoms with Crippen LogP contribution in [0.2, 0.25) is 0 Å². The van der Waals surface area contributed by atoms with E-state index in [1.54, 1.807) is 0 Å². The Hall–Kier alpha value is -0.260. The minimum Gasteiger partial charge on any atom is -0.0838 e. The Bertz CT molecular complexity index is 202. The molecule has 0 heteroatoms. The first-order valence-electron chi connectivity index (χ1n) is 4.05. The molecule has 0 amide bonds. The average molecular weight is 120 g/mol.